The third-order valence-electron chi connectivity index (χ3n) is 3.91. The van der Waals surface area contributed by atoms with Gasteiger partial charge in [-0.3, -0.25) is 14.6 Å². The monoisotopic (exact) mass is 339 g/mol. The molecule has 1 aromatic carbocycles. The molecule has 1 aromatic heterocycles. The van der Waals surface area contributed by atoms with Crippen molar-refractivity contribution < 1.29 is 9.59 Å². The van der Waals surface area contributed by atoms with Crippen molar-refractivity contribution in [2.75, 3.05) is 13.1 Å². The van der Waals surface area contributed by atoms with Crippen molar-refractivity contribution in [1.82, 2.24) is 15.6 Å². The van der Waals surface area contributed by atoms with Gasteiger partial charge in [-0.1, -0.05) is 32.0 Å². The topological polar surface area (TPSA) is 71.1 Å². The van der Waals surface area contributed by atoms with Crippen molar-refractivity contribution in [2.24, 2.45) is 0 Å². The molecule has 132 valence electrons. The number of aldehydes is 1. The lowest BCUT2D eigenvalue weighted by molar-refractivity contribution is 0.0953. The Bertz CT molecular complexity index is 714. The Morgan fingerprint density at radius 2 is 2.04 bits per heavy atom. The van der Waals surface area contributed by atoms with Crippen LogP contribution in [0.25, 0.3) is 0 Å². The first-order valence-electron chi connectivity index (χ1n) is 8.58. The molecule has 0 radical (unpaired) electrons. The van der Waals surface area contributed by atoms with Crippen molar-refractivity contribution >= 4 is 12.2 Å². The molecule has 25 heavy (non-hydrogen) atoms. The van der Waals surface area contributed by atoms with Crippen LogP contribution >= 0.6 is 0 Å². The Morgan fingerprint density at radius 1 is 1.20 bits per heavy atom. The molecule has 0 aliphatic carbocycles. The predicted octanol–water partition coefficient (Wildman–Crippen LogP) is 2.93. The summed E-state index contributed by atoms with van der Waals surface area (Å²) < 4.78 is 0. The van der Waals surface area contributed by atoms with Gasteiger partial charge in [-0.15, -0.1) is 0 Å². The Kier molecular flexibility index (Phi) is 7.29. The minimum atomic E-state index is -0.155. The van der Waals surface area contributed by atoms with E-state index in [4.69, 9.17) is 0 Å². The summed E-state index contributed by atoms with van der Waals surface area (Å²) in [4.78, 5) is 27.0. The van der Waals surface area contributed by atoms with E-state index >= 15 is 0 Å². The molecular formula is C20H25N3O2. The second-order valence-electron chi connectivity index (χ2n) is 6.31. The van der Waals surface area contributed by atoms with Crippen molar-refractivity contribution in [3.8, 4) is 0 Å². The minimum Gasteiger partial charge on any atom is -0.352 e. The fraction of sp³-hybridized carbons (Fsp3) is 0.350. The van der Waals surface area contributed by atoms with Gasteiger partial charge in [0.1, 0.15) is 6.29 Å². The molecule has 0 atom stereocenters. The van der Waals surface area contributed by atoms with Crippen molar-refractivity contribution in [1.29, 1.82) is 0 Å². The number of hydrogen-bond donors (Lipinski definition) is 2. The molecule has 5 nitrogen and oxygen atoms in total. The molecule has 0 saturated carbocycles. The number of amides is 1. The van der Waals surface area contributed by atoms with E-state index in [-0.39, 0.29) is 5.91 Å². The Hall–Kier alpha value is -2.53. The molecule has 0 aliphatic heterocycles. The number of hydrogen-bond acceptors (Lipinski definition) is 4. The fourth-order valence-electron chi connectivity index (χ4n) is 2.42. The largest absolute Gasteiger partial charge is 0.352 e. The molecule has 0 bridgehead atoms. The van der Waals surface area contributed by atoms with Crippen LogP contribution < -0.4 is 10.6 Å². The van der Waals surface area contributed by atoms with Crippen molar-refractivity contribution in [3.63, 3.8) is 0 Å². The summed E-state index contributed by atoms with van der Waals surface area (Å²) >= 11 is 0. The van der Waals surface area contributed by atoms with Crippen molar-refractivity contribution in [2.45, 2.75) is 32.7 Å². The number of rotatable bonds is 9. The summed E-state index contributed by atoms with van der Waals surface area (Å²) in [6.45, 7) is 6.47. The summed E-state index contributed by atoms with van der Waals surface area (Å²) in [7, 11) is 0. The minimum absolute atomic E-state index is 0.155. The van der Waals surface area contributed by atoms with E-state index in [1.165, 1.54) is 11.1 Å². The molecule has 2 rings (SSSR count). The van der Waals surface area contributed by atoms with Crippen LogP contribution in [0, 0.1) is 0 Å². The Balaban J connectivity index is 1.67. The van der Waals surface area contributed by atoms with Crippen LogP contribution in [-0.4, -0.2) is 30.3 Å². The van der Waals surface area contributed by atoms with Gasteiger partial charge in [0.05, 0.1) is 0 Å². The standard InChI is InChI=1S/C20H25N3O2/c1-15(2)19-10-17(12-22-13-19)11-21-7-4-8-23-20(25)18-6-3-5-16(9-18)14-24/h3,5-6,9-10,12-15,21H,4,7-8,11H2,1-2H3,(H,23,25). The van der Waals surface area contributed by atoms with Gasteiger partial charge < -0.3 is 10.6 Å². The maximum atomic E-state index is 12.0. The number of carbonyl (C=O) groups is 2. The highest BCUT2D eigenvalue weighted by atomic mass is 16.1. The lowest BCUT2D eigenvalue weighted by Crippen LogP contribution is -2.27. The lowest BCUT2D eigenvalue weighted by atomic mass is 10.0. The van der Waals surface area contributed by atoms with Crippen LogP contribution in [0.15, 0.2) is 42.7 Å². The maximum Gasteiger partial charge on any atom is 0.251 e. The molecule has 1 amide bonds. The maximum absolute atomic E-state index is 12.0. The van der Waals surface area contributed by atoms with Gasteiger partial charge in [-0.25, -0.2) is 0 Å². The molecule has 0 fully saturated rings. The number of aromatic nitrogens is 1. The summed E-state index contributed by atoms with van der Waals surface area (Å²) in [5, 5.41) is 6.23. The van der Waals surface area contributed by atoms with Crippen LogP contribution in [0.4, 0.5) is 0 Å². The number of nitrogens with one attached hydrogen (secondary N) is 2. The molecule has 0 saturated heterocycles. The molecule has 0 aliphatic rings. The SMILES string of the molecule is CC(C)c1cncc(CNCCCNC(=O)c2cccc(C=O)c2)c1. The highest BCUT2D eigenvalue weighted by molar-refractivity contribution is 5.95. The number of carbonyl (C=O) groups excluding carboxylic acids is 2. The molecule has 2 aromatic rings. The second-order valence-corrected chi connectivity index (χ2v) is 6.31. The Morgan fingerprint density at radius 3 is 2.80 bits per heavy atom. The third-order valence-corrected chi connectivity index (χ3v) is 3.91. The van der Waals surface area contributed by atoms with Gasteiger partial charge in [0, 0.05) is 36.6 Å². The summed E-state index contributed by atoms with van der Waals surface area (Å²) in [6.07, 6.45) is 5.35. The average molecular weight is 339 g/mol. The average Bonchev–Trinajstić information content (AvgIpc) is 2.64. The van der Waals surface area contributed by atoms with Gasteiger partial charge in [0.2, 0.25) is 0 Å². The van der Waals surface area contributed by atoms with E-state index in [9.17, 15) is 9.59 Å². The van der Waals surface area contributed by atoms with E-state index in [1.54, 1.807) is 24.3 Å². The van der Waals surface area contributed by atoms with E-state index < -0.39 is 0 Å². The fourth-order valence-corrected chi connectivity index (χ4v) is 2.42. The lowest BCUT2D eigenvalue weighted by Gasteiger charge is -2.09. The summed E-state index contributed by atoms with van der Waals surface area (Å²) in [5.41, 5.74) is 3.42. The normalized spacial score (nSPS) is 10.7. The Labute approximate surface area is 148 Å². The zero-order valence-electron chi connectivity index (χ0n) is 14.8. The molecular weight excluding hydrogens is 314 g/mol. The molecule has 1 heterocycles. The molecule has 2 N–H and O–H groups in total. The van der Waals surface area contributed by atoms with Crippen LogP contribution in [0.3, 0.4) is 0 Å². The van der Waals surface area contributed by atoms with Crippen LogP contribution in [0.5, 0.6) is 0 Å². The van der Waals surface area contributed by atoms with E-state index in [0.29, 0.717) is 23.6 Å². The van der Waals surface area contributed by atoms with Gasteiger partial charge in [0.15, 0.2) is 0 Å². The first-order chi connectivity index (χ1) is 12.1. The molecule has 0 unspecified atom stereocenters. The van der Waals surface area contributed by atoms with E-state index in [0.717, 1.165) is 25.8 Å². The van der Waals surface area contributed by atoms with Crippen LogP contribution in [0.2, 0.25) is 0 Å². The quantitative estimate of drug-likeness (QED) is 0.544. The van der Waals surface area contributed by atoms with Gasteiger partial charge in [-0.05, 0) is 42.1 Å². The van der Waals surface area contributed by atoms with Crippen molar-refractivity contribution in [3.05, 3.63) is 65.0 Å². The van der Waals surface area contributed by atoms with Gasteiger partial charge in [0.25, 0.3) is 5.91 Å². The van der Waals surface area contributed by atoms with Gasteiger partial charge >= 0.3 is 0 Å². The van der Waals surface area contributed by atoms with E-state index in [2.05, 4.69) is 35.5 Å². The van der Waals surface area contributed by atoms with Crippen LogP contribution in [0.1, 0.15) is 58.0 Å². The van der Waals surface area contributed by atoms with E-state index in [1.807, 2.05) is 12.4 Å². The summed E-state index contributed by atoms with van der Waals surface area (Å²) in [6, 6.07) is 8.85. The molecule has 5 heteroatoms. The van der Waals surface area contributed by atoms with Gasteiger partial charge in [-0.2, -0.15) is 0 Å². The first kappa shape index (κ1) is 18.8. The number of pyridine rings is 1. The predicted molar refractivity (Wildman–Crippen MR) is 98.8 cm³/mol. The summed E-state index contributed by atoms with van der Waals surface area (Å²) in [5.74, 6) is 0.318. The number of benzene rings is 1. The smallest absolute Gasteiger partial charge is 0.251 e. The third kappa shape index (κ3) is 6.12. The highest BCUT2D eigenvalue weighted by Crippen LogP contribution is 2.13. The van der Waals surface area contributed by atoms with Crippen LogP contribution in [-0.2, 0) is 6.54 Å². The zero-order valence-corrected chi connectivity index (χ0v) is 14.8. The number of nitrogens with zero attached hydrogens (tertiary/aromatic N) is 1. The highest BCUT2D eigenvalue weighted by Gasteiger charge is 2.05. The first-order valence-corrected chi connectivity index (χ1v) is 8.58. The molecule has 0 spiro atoms. The zero-order chi connectivity index (χ0) is 18.1. The second kappa shape index (κ2) is 9.69.